The van der Waals surface area contributed by atoms with E-state index in [-0.39, 0.29) is 6.03 Å². The Morgan fingerprint density at radius 1 is 1.09 bits per heavy atom. The van der Waals surface area contributed by atoms with Gasteiger partial charge in [-0.05, 0) is 23.6 Å². The van der Waals surface area contributed by atoms with Gasteiger partial charge in [-0.2, -0.15) is 5.10 Å². The number of nitrogens with one attached hydrogen (secondary N) is 2. The van der Waals surface area contributed by atoms with E-state index in [4.69, 9.17) is 0 Å². The Morgan fingerprint density at radius 3 is 2.65 bits per heavy atom. The van der Waals surface area contributed by atoms with Gasteiger partial charge in [0.25, 0.3) is 0 Å². The lowest BCUT2D eigenvalue weighted by atomic mass is 10.1. The summed E-state index contributed by atoms with van der Waals surface area (Å²) < 4.78 is 1.88. The molecular formula is C18H26N4O. The second kappa shape index (κ2) is 9.66. The molecule has 0 aliphatic carbocycles. The van der Waals surface area contributed by atoms with E-state index in [1.165, 1.54) is 24.8 Å². The van der Waals surface area contributed by atoms with Crippen molar-refractivity contribution in [1.29, 1.82) is 0 Å². The number of carbonyl (C=O) groups is 1. The van der Waals surface area contributed by atoms with Crippen LogP contribution in [0.4, 0.5) is 4.79 Å². The third-order valence-corrected chi connectivity index (χ3v) is 3.77. The van der Waals surface area contributed by atoms with Crippen molar-refractivity contribution in [1.82, 2.24) is 20.4 Å². The molecule has 2 amide bonds. The topological polar surface area (TPSA) is 59.0 Å². The fourth-order valence-electron chi connectivity index (χ4n) is 2.44. The third kappa shape index (κ3) is 6.14. The first-order valence-electron chi connectivity index (χ1n) is 8.35. The molecule has 5 nitrogen and oxygen atoms in total. The number of aromatic nitrogens is 2. The molecule has 2 aromatic rings. The smallest absolute Gasteiger partial charge is 0.315 e. The summed E-state index contributed by atoms with van der Waals surface area (Å²) in [5.74, 6) is 0. The summed E-state index contributed by atoms with van der Waals surface area (Å²) in [5, 5.41) is 10.1. The van der Waals surface area contributed by atoms with E-state index in [0.29, 0.717) is 13.1 Å². The van der Waals surface area contributed by atoms with Crippen LogP contribution in [0.2, 0.25) is 0 Å². The number of nitrogens with zero attached hydrogens (tertiary/aromatic N) is 2. The summed E-state index contributed by atoms with van der Waals surface area (Å²) in [6.07, 6.45) is 8.35. The lowest BCUT2D eigenvalue weighted by Gasteiger charge is -2.11. The standard InChI is InChI=1S/C18H26N4O/c1-2-3-4-7-11-19-18(23)20-14-16-9-5-6-10-17(16)15-22-13-8-12-21-22/h5-6,8-10,12-13H,2-4,7,11,14-15H2,1H3,(H2,19,20,23). The van der Waals surface area contributed by atoms with Gasteiger partial charge in [-0.25, -0.2) is 4.79 Å². The predicted octanol–water partition coefficient (Wildman–Crippen LogP) is 3.31. The van der Waals surface area contributed by atoms with E-state index >= 15 is 0 Å². The van der Waals surface area contributed by atoms with Gasteiger partial charge in [-0.3, -0.25) is 4.68 Å². The highest BCUT2D eigenvalue weighted by Crippen LogP contribution is 2.10. The first-order valence-corrected chi connectivity index (χ1v) is 8.35. The van der Waals surface area contributed by atoms with Crippen molar-refractivity contribution < 1.29 is 4.79 Å². The van der Waals surface area contributed by atoms with Crippen LogP contribution in [0.1, 0.15) is 43.7 Å². The number of hydrogen-bond acceptors (Lipinski definition) is 2. The molecule has 0 unspecified atom stereocenters. The monoisotopic (exact) mass is 314 g/mol. The van der Waals surface area contributed by atoms with Gasteiger partial charge in [0, 0.05) is 25.5 Å². The molecule has 0 radical (unpaired) electrons. The maximum absolute atomic E-state index is 11.8. The van der Waals surface area contributed by atoms with E-state index in [1.54, 1.807) is 6.20 Å². The molecule has 0 aliphatic rings. The van der Waals surface area contributed by atoms with Gasteiger partial charge in [0.1, 0.15) is 0 Å². The molecule has 1 heterocycles. The number of urea groups is 1. The van der Waals surface area contributed by atoms with Crippen molar-refractivity contribution in [2.75, 3.05) is 6.54 Å². The van der Waals surface area contributed by atoms with Gasteiger partial charge in [0.2, 0.25) is 0 Å². The fraction of sp³-hybridized carbons (Fsp3) is 0.444. The molecule has 0 bridgehead atoms. The minimum absolute atomic E-state index is 0.101. The Morgan fingerprint density at radius 2 is 1.91 bits per heavy atom. The fourth-order valence-corrected chi connectivity index (χ4v) is 2.44. The largest absolute Gasteiger partial charge is 0.338 e. The van der Waals surface area contributed by atoms with Gasteiger partial charge < -0.3 is 10.6 Å². The minimum Gasteiger partial charge on any atom is -0.338 e. The number of carbonyl (C=O) groups excluding carboxylic acids is 1. The summed E-state index contributed by atoms with van der Waals surface area (Å²) in [6.45, 7) is 4.16. The Balaban J connectivity index is 1.77. The van der Waals surface area contributed by atoms with Crippen molar-refractivity contribution in [3.63, 3.8) is 0 Å². The number of hydrogen-bond donors (Lipinski definition) is 2. The van der Waals surface area contributed by atoms with Crippen LogP contribution in [-0.4, -0.2) is 22.4 Å². The quantitative estimate of drug-likeness (QED) is 0.698. The molecule has 1 aromatic carbocycles. The first-order chi connectivity index (χ1) is 11.3. The SMILES string of the molecule is CCCCCCNC(=O)NCc1ccccc1Cn1cccn1. The molecule has 23 heavy (non-hydrogen) atoms. The first kappa shape index (κ1) is 17.1. The van der Waals surface area contributed by atoms with Crippen LogP contribution >= 0.6 is 0 Å². The minimum atomic E-state index is -0.101. The van der Waals surface area contributed by atoms with Crippen LogP contribution in [-0.2, 0) is 13.1 Å². The third-order valence-electron chi connectivity index (χ3n) is 3.77. The molecule has 0 saturated carbocycles. The zero-order valence-electron chi connectivity index (χ0n) is 13.8. The maximum Gasteiger partial charge on any atom is 0.315 e. The second-order valence-corrected chi connectivity index (χ2v) is 5.64. The van der Waals surface area contributed by atoms with E-state index in [1.807, 2.05) is 35.1 Å². The molecule has 0 spiro atoms. The lowest BCUT2D eigenvalue weighted by Crippen LogP contribution is -2.35. The summed E-state index contributed by atoms with van der Waals surface area (Å²) in [6, 6.07) is 9.92. The normalized spacial score (nSPS) is 10.5. The molecule has 0 fully saturated rings. The molecule has 2 rings (SSSR count). The number of unbranched alkanes of at least 4 members (excludes halogenated alkanes) is 3. The van der Waals surface area contributed by atoms with E-state index < -0.39 is 0 Å². The molecular weight excluding hydrogens is 288 g/mol. The Hall–Kier alpha value is -2.30. The average Bonchev–Trinajstić information content (AvgIpc) is 3.07. The number of amides is 2. The van der Waals surface area contributed by atoms with E-state index in [9.17, 15) is 4.79 Å². The van der Waals surface area contributed by atoms with Crippen LogP contribution in [0.3, 0.4) is 0 Å². The zero-order valence-corrected chi connectivity index (χ0v) is 13.8. The van der Waals surface area contributed by atoms with Crippen molar-refractivity contribution in [3.8, 4) is 0 Å². The van der Waals surface area contributed by atoms with Crippen LogP contribution in [0, 0.1) is 0 Å². The van der Waals surface area contributed by atoms with Gasteiger partial charge in [0.15, 0.2) is 0 Å². The summed E-state index contributed by atoms with van der Waals surface area (Å²) in [5.41, 5.74) is 2.28. The summed E-state index contributed by atoms with van der Waals surface area (Å²) >= 11 is 0. The van der Waals surface area contributed by atoms with Gasteiger partial charge in [-0.15, -0.1) is 0 Å². The van der Waals surface area contributed by atoms with Gasteiger partial charge in [-0.1, -0.05) is 50.5 Å². The number of benzene rings is 1. The molecule has 124 valence electrons. The van der Waals surface area contributed by atoms with Crippen molar-refractivity contribution in [2.24, 2.45) is 0 Å². The summed E-state index contributed by atoms with van der Waals surface area (Å²) in [7, 11) is 0. The lowest BCUT2D eigenvalue weighted by molar-refractivity contribution is 0.240. The predicted molar refractivity (Wildman–Crippen MR) is 92.2 cm³/mol. The van der Waals surface area contributed by atoms with Crippen LogP contribution < -0.4 is 10.6 Å². The van der Waals surface area contributed by atoms with E-state index in [0.717, 1.165) is 18.5 Å². The van der Waals surface area contributed by atoms with Crippen LogP contribution in [0.15, 0.2) is 42.7 Å². The van der Waals surface area contributed by atoms with Crippen molar-refractivity contribution in [3.05, 3.63) is 53.9 Å². The Kier molecular flexibility index (Phi) is 7.17. The number of rotatable bonds is 9. The second-order valence-electron chi connectivity index (χ2n) is 5.64. The summed E-state index contributed by atoms with van der Waals surface area (Å²) in [4.78, 5) is 11.8. The zero-order chi connectivity index (χ0) is 16.3. The van der Waals surface area contributed by atoms with Gasteiger partial charge in [0.05, 0.1) is 6.54 Å². The highest BCUT2D eigenvalue weighted by molar-refractivity contribution is 5.73. The molecule has 1 aromatic heterocycles. The molecule has 0 aliphatic heterocycles. The van der Waals surface area contributed by atoms with E-state index in [2.05, 4.69) is 28.7 Å². The Bertz CT molecular complexity index is 580. The molecule has 0 saturated heterocycles. The van der Waals surface area contributed by atoms with Crippen molar-refractivity contribution >= 4 is 6.03 Å². The highest BCUT2D eigenvalue weighted by Gasteiger charge is 2.05. The maximum atomic E-state index is 11.8. The van der Waals surface area contributed by atoms with Crippen LogP contribution in [0.25, 0.3) is 0 Å². The molecule has 0 atom stereocenters. The molecule has 5 heteroatoms. The molecule has 2 N–H and O–H groups in total. The average molecular weight is 314 g/mol. The highest BCUT2D eigenvalue weighted by atomic mass is 16.2. The van der Waals surface area contributed by atoms with Crippen LogP contribution in [0.5, 0.6) is 0 Å². The van der Waals surface area contributed by atoms with Gasteiger partial charge >= 0.3 is 6.03 Å². The van der Waals surface area contributed by atoms with Crippen molar-refractivity contribution in [2.45, 2.75) is 45.7 Å². The Labute approximate surface area is 138 Å².